The first-order valence-electron chi connectivity index (χ1n) is 7.82. The van der Waals surface area contributed by atoms with Crippen LogP contribution in [-0.2, 0) is 0 Å². The van der Waals surface area contributed by atoms with E-state index in [1.807, 2.05) is 0 Å². The van der Waals surface area contributed by atoms with Crippen molar-refractivity contribution in [1.29, 1.82) is 0 Å². The van der Waals surface area contributed by atoms with Crippen LogP contribution >= 0.6 is 0 Å². The van der Waals surface area contributed by atoms with Crippen LogP contribution in [0.3, 0.4) is 0 Å². The second-order valence-electron chi connectivity index (χ2n) is 9.06. The lowest BCUT2D eigenvalue weighted by Gasteiger charge is -2.65. The second kappa shape index (κ2) is 3.52. The van der Waals surface area contributed by atoms with Crippen molar-refractivity contribution in [2.24, 2.45) is 28.1 Å². The molecule has 0 spiro atoms. The van der Waals surface area contributed by atoms with Gasteiger partial charge in [0.2, 0.25) is 0 Å². The Labute approximate surface area is 108 Å². The van der Waals surface area contributed by atoms with Gasteiger partial charge >= 0.3 is 0 Å². The van der Waals surface area contributed by atoms with Crippen LogP contribution in [0.1, 0.15) is 79.1 Å². The van der Waals surface area contributed by atoms with Gasteiger partial charge in [-0.25, -0.2) is 0 Å². The molecule has 0 nitrogen and oxygen atoms in total. The van der Waals surface area contributed by atoms with Crippen LogP contribution < -0.4 is 0 Å². The predicted octanol–water partition coefficient (Wildman–Crippen LogP) is 5.42. The summed E-state index contributed by atoms with van der Waals surface area (Å²) in [6.07, 6.45) is 12.3. The molecule has 0 aromatic carbocycles. The highest BCUT2D eigenvalue weighted by molar-refractivity contribution is 5.10. The summed E-state index contributed by atoms with van der Waals surface area (Å²) in [6, 6.07) is 0. The lowest BCUT2D eigenvalue weighted by molar-refractivity contribution is -0.148. The third kappa shape index (κ3) is 2.06. The Morgan fingerprint density at radius 1 is 0.941 bits per heavy atom. The predicted molar refractivity (Wildman–Crippen MR) is 73.9 cm³/mol. The van der Waals surface area contributed by atoms with Crippen molar-refractivity contribution in [1.82, 2.24) is 0 Å². The van der Waals surface area contributed by atoms with Crippen LogP contribution in [0, 0.1) is 28.1 Å². The van der Waals surface area contributed by atoms with Crippen molar-refractivity contribution in [2.75, 3.05) is 0 Å². The maximum atomic E-state index is 2.60. The molecule has 4 bridgehead atoms. The summed E-state index contributed by atoms with van der Waals surface area (Å²) in [5, 5.41) is 0. The minimum Gasteiger partial charge on any atom is -0.0628 e. The van der Waals surface area contributed by atoms with E-state index in [1.165, 1.54) is 19.3 Å². The van der Waals surface area contributed by atoms with E-state index < -0.39 is 0 Å². The highest BCUT2D eigenvalue weighted by Gasteiger charge is 2.59. The molecule has 0 N–H and O–H groups in total. The summed E-state index contributed by atoms with van der Waals surface area (Å²) < 4.78 is 0. The SMILES string of the molecule is CC(C)CCC12CC3CC(C)(CC(C)(C3)C1)C2. The number of hydrogen-bond acceptors (Lipinski definition) is 0. The minimum absolute atomic E-state index is 0.713. The Balaban J connectivity index is 1.82. The Bertz CT molecular complexity index is 296. The van der Waals surface area contributed by atoms with Gasteiger partial charge in [0.05, 0.1) is 0 Å². The second-order valence-corrected chi connectivity index (χ2v) is 9.06. The molecule has 4 aliphatic rings. The standard InChI is InChI=1S/C17H30/c1-13(2)5-6-17-9-14-7-15(3,11-17)10-16(4,8-14)12-17/h13-14H,5-12H2,1-4H3. The van der Waals surface area contributed by atoms with E-state index in [9.17, 15) is 0 Å². The van der Waals surface area contributed by atoms with Crippen molar-refractivity contribution in [2.45, 2.75) is 79.1 Å². The normalized spacial score (nSPS) is 52.4. The Hall–Kier alpha value is 0. The first-order chi connectivity index (χ1) is 7.82. The maximum Gasteiger partial charge on any atom is -0.0284 e. The first kappa shape index (κ1) is 12.1. The van der Waals surface area contributed by atoms with E-state index in [0.29, 0.717) is 10.8 Å². The van der Waals surface area contributed by atoms with Crippen LogP contribution in [-0.4, -0.2) is 0 Å². The molecular formula is C17H30. The summed E-state index contributed by atoms with van der Waals surface area (Å²) in [7, 11) is 0. The summed E-state index contributed by atoms with van der Waals surface area (Å²) >= 11 is 0. The van der Waals surface area contributed by atoms with Crippen LogP contribution in [0.25, 0.3) is 0 Å². The van der Waals surface area contributed by atoms with Crippen molar-refractivity contribution < 1.29 is 0 Å². The molecule has 4 rings (SSSR count). The largest absolute Gasteiger partial charge is 0.0628 e. The molecule has 0 saturated heterocycles. The third-order valence-corrected chi connectivity index (χ3v) is 5.99. The molecule has 2 unspecified atom stereocenters. The third-order valence-electron chi connectivity index (χ3n) is 5.99. The van der Waals surface area contributed by atoms with Crippen LogP contribution in [0.15, 0.2) is 0 Å². The fourth-order valence-corrected chi connectivity index (χ4v) is 6.56. The van der Waals surface area contributed by atoms with Crippen LogP contribution in [0.4, 0.5) is 0 Å². The smallest absolute Gasteiger partial charge is 0.0284 e. The molecule has 4 fully saturated rings. The molecule has 4 saturated carbocycles. The lowest BCUT2D eigenvalue weighted by Crippen LogP contribution is -2.54. The molecular weight excluding hydrogens is 204 g/mol. The van der Waals surface area contributed by atoms with Gasteiger partial charge in [-0.3, -0.25) is 0 Å². The molecule has 0 heteroatoms. The van der Waals surface area contributed by atoms with Gasteiger partial charge < -0.3 is 0 Å². The molecule has 0 aromatic rings. The van der Waals surface area contributed by atoms with Gasteiger partial charge in [0.25, 0.3) is 0 Å². The van der Waals surface area contributed by atoms with Crippen LogP contribution in [0.2, 0.25) is 0 Å². The monoisotopic (exact) mass is 234 g/mol. The highest BCUT2D eigenvalue weighted by atomic mass is 14.6. The summed E-state index contributed by atoms with van der Waals surface area (Å²) in [5.41, 5.74) is 2.18. The van der Waals surface area contributed by atoms with Gasteiger partial charge in [-0.2, -0.15) is 0 Å². The molecule has 0 amide bonds. The van der Waals surface area contributed by atoms with Crippen molar-refractivity contribution in [3.8, 4) is 0 Å². The topological polar surface area (TPSA) is 0 Å². The van der Waals surface area contributed by atoms with Crippen LogP contribution in [0.5, 0.6) is 0 Å². The van der Waals surface area contributed by atoms with Gasteiger partial charge in [-0.15, -0.1) is 0 Å². The summed E-state index contributed by atoms with van der Waals surface area (Å²) in [6.45, 7) is 9.98. The number of rotatable bonds is 3. The Kier molecular flexibility index (Phi) is 2.49. The summed E-state index contributed by atoms with van der Waals surface area (Å²) in [5.74, 6) is 1.97. The molecule has 2 atom stereocenters. The average molecular weight is 234 g/mol. The van der Waals surface area contributed by atoms with Gasteiger partial charge in [-0.1, -0.05) is 34.1 Å². The quantitative estimate of drug-likeness (QED) is 0.611. The Morgan fingerprint density at radius 2 is 1.53 bits per heavy atom. The minimum atomic E-state index is 0.713. The van der Waals surface area contributed by atoms with Crippen molar-refractivity contribution in [3.05, 3.63) is 0 Å². The van der Waals surface area contributed by atoms with Crippen molar-refractivity contribution in [3.63, 3.8) is 0 Å². The van der Waals surface area contributed by atoms with Gasteiger partial charge in [0.15, 0.2) is 0 Å². The van der Waals surface area contributed by atoms with E-state index in [0.717, 1.165) is 17.3 Å². The molecule has 98 valence electrons. The average Bonchev–Trinajstić information content (AvgIpc) is 2.08. The number of hydrogen-bond donors (Lipinski definition) is 0. The van der Waals surface area contributed by atoms with E-state index >= 15 is 0 Å². The molecule has 0 aliphatic heterocycles. The van der Waals surface area contributed by atoms with E-state index in [-0.39, 0.29) is 0 Å². The fourth-order valence-electron chi connectivity index (χ4n) is 6.56. The Morgan fingerprint density at radius 3 is 2.00 bits per heavy atom. The maximum absolute atomic E-state index is 2.60. The van der Waals surface area contributed by atoms with Gasteiger partial charge in [0, 0.05) is 0 Å². The van der Waals surface area contributed by atoms with Gasteiger partial charge in [-0.05, 0) is 73.0 Å². The zero-order valence-corrected chi connectivity index (χ0v) is 12.3. The first-order valence-corrected chi connectivity index (χ1v) is 7.82. The van der Waals surface area contributed by atoms with E-state index in [2.05, 4.69) is 27.7 Å². The van der Waals surface area contributed by atoms with E-state index in [4.69, 9.17) is 0 Å². The highest BCUT2D eigenvalue weighted by Crippen LogP contribution is 2.70. The molecule has 0 heterocycles. The zero-order chi connectivity index (χ0) is 12.3. The summed E-state index contributed by atoms with van der Waals surface area (Å²) in [4.78, 5) is 0. The molecule has 0 radical (unpaired) electrons. The molecule has 17 heavy (non-hydrogen) atoms. The lowest BCUT2D eigenvalue weighted by atomic mass is 9.39. The zero-order valence-electron chi connectivity index (χ0n) is 12.3. The fraction of sp³-hybridized carbons (Fsp3) is 1.00. The molecule has 4 aliphatic carbocycles. The van der Waals surface area contributed by atoms with Crippen molar-refractivity contribution >= 4 is 0 Å². The molecule has 0 aromatic heterocycles. The van der Waals surface area contributed by atoms with Gasteiger partial charge in [0.1, 0.15) is 0 Å². The van der Waals surface area contributed by atoms with E-state index in [1.54, 1.807) is 32.1 Å².